The molecule has 0 spiro atoms. The number of H-pyrrole nitrogens is 1. The normalized spacial score (nSPS) is 17.2. The lowest BCUT2D eigenvalue weighted by atomic mass is 9.73. The first-order valence-corrected chi connectivity index (χ1v) is 8.54. The summed E-state index contributed by atoms with van der Waals surface area (Å²) >= 11 is 0. The number of nitrogens with zero attached hydrogens (tertiary/aromatic N) is 2. The van der Waals surface area contributed by atoms with Crippen molar-refractivity contribution in [1.82, 2.24) is 4.98 Å². The van der Waals surface area contributed by atoms with E-state index < -0.39 is 29.7 Å². The predicted molar refractivity (Wildman–Crippen MR) is 102 cm³/mol. The van der Waals surface area contributed by atoms with Gasteiger partial charge in [0.1, 0.15) is 34.9 Å². The largest absolute Gasteiger partial charge is 0.495 e. The van der Waals surface area contributed by atoms with E-state index in [1.807, 2.05) is 33.8 Å². The maximum absolute atomic E-state index is 14.1. The minimum Gasteiger partial charge on any atom is -0.399 e. The molecule has 0 bridgehead atoms. The minimum atomic E-state index is -0.964. The summed E-state index contributed by atoms with van der Waals surface area (Å²) in [6, 6.07) is 7.47. The van der Waals surface area contributed by atoms with Crippen molar-refractivity contribution in [1.29, 1.82) is 10.5 Å². The highest BCUT2D eigenvalue weighted by molar-refractivity contribution is 6.64. The first kappa shape index (κ1) is 19.6. The van der Waals surface area contributed by atoms with Gasteiger partial charge in [0.2, 0.25) is 0 Å². The number of hydrogen-bond acceptors (Lipinski definition) is 6. The zero-order valence-electron chi connectivity index (χ0n) is 15.9. The summed E-state index contributed by atoms with van der Waals surface area (Å²) in [5.74, 6) is -0.728. The Morgan fingerprint density at radius 1 is 1.11 bits per heavy atom. The molecule has 142 valence electrons. The van der Waals surface area contributed by atoms with E-state index in [0.717, 1.165) is 0 Å². The van der Waals surface area contributed by atoms with Crippen molar-refractivity contribution in [2.24, 2.45) is 0 Å². The minimum absolute atomic E-state index is 0.0240. The summed E-state index contributed by atoms with van der Waals surface area (Å²) < 4.78 is 26.1. The zero-order chi connectivity index (χ0) is 20.9. The SMILES string of the molecule is CC1(C)OB(c2cc(F)ccc2-c2c(C#N)c(N)[nH]c(=O)c2C#N)OC1(C)C. The summed E-state index contributed by atoms with van der Waals surface area (Å²) in [4.78, 5) is 14.5. The molecule has 28 heavy (non-hydrogen) atoms. The van der Waals surface area contributed by atoms with Crippen molar-refractivity contribution >= 4 is 18.4 Å². The lowest BCUT2D eigenvalue weighted by Gasteiger charge is -2.32. The van der Waals surface area contributed by atoms with Crippen LogP contribution in [0.25, 0.3) is 11.1 Å². The number of rotatable bonds is 2. The fourth-order valence-corrected chi connectivity index (χ4v) is 3.04. The van der Waals surface area contributed by atoms with Gasteiger partial charge in [-0.3, -0.25) is 4.79 Å². The quantitative estimate of drug-likeness (QED) is 0.766. The highest BCUT2D eigenvalue weighted by Gasteiger charge is 2.52. The van der Waals surface area contributed by atoms with Crippen molar-refractivity contribution in [2.45, 2.75) is 38.9 Å². The Morgan fingerprint density at radius 3 is 2.21 bits per heavy atom. The lowest BCUT2D eigenvalue weighted by molar-refractivity contribution is 0.00578. The van der Waals surface area contributed by atoms with Crippen LogP contribution < -0.4 is 16.8 Å². The van der Waals surface area contributed by atoms with E-state index in [9.17, 15) is 19.7 Å². The van der Waals surface area contributed by atoms with Crippen LogP contribution in [0.4, 0.5) is 10.2 Å². The highest BCUT2D eigenvalue weighted by Crippen LogP contribution is 2.38. The molecule has 0 aliphatic carbocycles. The van der Waals surface area contributed by atoms with Gasteiger partial charge in [0.05, 0.1) is 11.2 Å². The molecule has 9 heteroatoms. The molecular weight excluding hydrogens is 362 g/mol. The number of pyridine rings is 1. The molecule has 0 unspecified atom stereocenters. The number of aromatic amines is 1. The standard InChI is InChI=1S/C19H18BFN4O3/c1-18(2)19(3,4)28-20(27-18)14-7-10(21)5-6-11(14)15-12(8-22)16(24)25-17(26)13(15)9-23/h5-7H,1-4H3,(H3,24,25,26). The molecule has 1 aromatic heterocycles. The van der Waals surface area contributed by atoms with Crippen LogP contribution in [0.15, 0.2) is 23.0 Å². The molecular formula is C19H18BFN4O3. The summed E-state index contributed by atoms with van der Waals surface area (Å²) in [6.07, 6.45) is 0. The van der Waals surface area contributed by atoms with E-state index in [-0.39, 0.29) is 33.5 Å². The lowest BCUT2D eigenvalue weighted by Crippen LogP contribution is -2.41. The van der Waals surface area contributed by atoms with E-state index in [1.54, 1.807) is 6.07 Å². The molecule has 0 saturated carbocycles. The van der Waals surface area contributed by atoms with Gasteiger partial charge in [-0.1, -0.05) is 6.07 Å². The van der Waals surface area contributed by atoms with E-state index >= 15 is 0 Å². The first-order chi connectivity index (χ1) is 13.0. The topological polar surface area (TPSA) is 125 Å². The van der Waals surface area contributed by atoms with E-state index in [0.29, 0.717) is 0 Å². The molecule has 2 heterocycles. The molecule has 1 aliphatic rings. The predicted octanol–water partition coefficient (Wildman–Crippen LogP) is 1.81. The smallest absolute Gasteiger partial charge is 0.399 e. The number of nitrogens with two attached hydrogens (primary N) is 1. The molecule has 1 aliphatic heterocycles. The molecule has 3 rings (SSSR count). The van der Waals surface area contributed by atoms with E-state index in [1.165, 1.54) is 18.2 Å². The van der Waals surface area contributed by atoms with Gasteiger partial charge in [0.15, 0.2) is 0 Å². The summed E-state index contributed by atoms with van der Waals surface area (Å²) in [5.41, 5.74) is 3.85. The van der Waals surface area contributed by atoms with Gasteiger partial charge < -0.3 is 20.0 Å². The molecule has 0 radical (unpaired) electrons. The molecule has 0 amide bonds. The maximum atomic E-state index is 14.1. The van der Waals surface area contributed by atoms with Gasteiger partial charge in [-0.2, -0.15) is 10.5 Å². The zero-order valence-corrected chi connectivity index (χ0v) is 15.9. The number of aromatic nitrogens is 1. The Balaban J connectivity index is 2.32. The van der Waals surface area contributed by atoms with Crippen molar-refractivity contribution in [3.05, 3.63) is 45.5 Å². The van der Waals surface area contributed by atoms with Crippen LogP contribution in [0.5, 0.6) is 0 Å². The average Bonchev–Trinajstić information content (AvgIpc) is 2.82. The van der Waals surface area contributed by atoms with Crippen molar-refractivity contribution in [3.63, 3.8) is 0 Å². The average molecular weight is 380 g/mol. The summed E-state index contributed by atoms with van der Waals surface area (Å²) in [7, 11) is -0.964. The molecule has 7 nitrogen and oxygen atoms in total. The Bertz CT molecular complexity index is 1100. The van der Waals surface area contributed by atoms with Gasteiger partial charge in [-0.05, 0) is 50.9 Å². The third-order valence-electron chi connectivity index (χ3n) is 5.26. The third-order valence-corrected chi connectivity index (χ3v) is 5.26. The van der Waals surface area contributed by atoms with Crippen LogP contribution in [-0.2, 0) is 9.31 Å². The molecule has 3 N–H and O–H groups in total. The number of anilines is 1. The van der Waals surface area contributed by atoms with Crippen LogP contribution in [0.2, 0.25) is 0 Å². The summed E-state index contributed by atoms with van der Waals surface area (Å²) in [6.45, 7) is 7.38. The first-order valence-electron chi connectivity index (χ1n) is 8.54. The van der Waals surface area contributed by atoms with Crippen LogP contribution >= 0.6 is 0 Å². The van der Waals surface area contributed by atoms with E-state index in [2.05, 4.69) is 4.98 Å². The van der Waals surface area contributed by atoms with Gasteiger partial charge >= 0.3 is 7.12 Å². The van der Waals surface area contributed by atoms with Crippen LogP contribution in [-0.4, -0.2) is 23.3 Å². The Morgan fingerprint density at radius 2 is 1.68 bits per heavy atom. The molecule has 1 fully saturated rings. The van der Waals surface area contributed by atoms with Crippen LogP contribution in [0.1, 0.15) is 38.8 Å². The van der Waals surface area contributed by atoms with Gasteiger partial charge in [0, 0.05) is 5.56 Å². The Hall–Kier alpha value is -3.14. The van der Waals surface area contributed by atoms with Crippen molar-refractivity contribution in [3.8, 4) is 23.3 Å². The van der Waals surface area contributed by atoms with Gasteiger partial charge in [-0.15, -0.1) is 0 Å². The van der Waals surface area contributed by atoms with E-state index in [4.69, 9.17) is 15.0 Å². The van der Waals surface area contributed by atoms with Crippen LogP contribution in [0, 0.1) is 28.5 Å². The molecule has 1 saturated heterocycles. The fourth-order valence-electron chi connectivity index (χ4n) is 3.04. The van der Waals surface area contributed by atoms with Crippen LogP contribution in [0.3, 0.4) is 0 Å². The Kier molecular flexibility index (Phi) is 4.54. The number of benzene rings is 1. The summed E-state index contributed by atoms with van der Waals surface area (Å²) in [5, 5.41) is 19.0. The monoisotopic (exact) mass is 380 g/mol. The number of nitrogens with one attached hydrogen (secondary N) is 1. The maximum Gasteiger partial charge on any atom is 0.495 e. The Labute approximate surface area is 161 Å². The van der Waals surface area contributed by atoms with Gasteiger partial charge in [-0.25, -0.2) is 4.39 Å². The number of nitrogen functional groups attached to an aromatic ring is 1. The molecule has 0 atom stereocenters. The fraction of sp³-hybridized carbons (Fsp3) is 0.316. The van der Waals surface area contributed by atoms with Gasteiger partial charge in [0.25, 0.3) is 5.56 Å². The second kappa shape index (κ2) is 6.48. The van der Waals surface area contributed by atoms with Crippen molar-refractivity contribution in [2.75, 3.05) is 5.73 Å². The molecule has 1 aromatic carbocycles. The number of halogens is 1. The highest BCUT2D eigenvalue weighted by atomic mass is 19.1. The second-order valence-corrected chi connectivity index (χ2v) is 7.54. The molecule has 2 aromatic rings. The second-order valence-electron chi connectivity index (χ2n) is 7.54. The van der Waals surface area contributed by atoms with Crippen molar-refractivity contribution < 1.29 is 13.7 Å². The number of hydrogen-bond donors (Lipinski definition) is 2. The number of nitriles is 2. The third kappa shape index (κ3) is 2.95.